The van der Waals surface area contributed by atoms with Crippen LogP contribution >= 0.6 is 0 Å². The van der Waals surface area contributed by atoms with Crippen molar-refractivity contribution >= 4 is 15.9 Å². The third-order valence-corrected chi connectivity index (χ3v) is 3.40. The minimum atomic E-state index is -3.26. The van der Waals surface area contributed by atoms with Gasteiger partial charge in [-0.05, 0) is 6.42 Å². The maximum atomic E-state index is 11.2. The van der Waals surface area contributed by atoms with Crippen molar-refractivity contribution < 1.29 is 13.2 Å². The summed E-state index contributed by atoms with van der Waals surface area (Å²) in [5, 5.41) is 2.67. The number of nitrogens with one attached hydrogen (secondary N) is 2. The van der Waals surface area contributed by atoms with Crippen molar-refractivity contribution in [2.24, 2.45) is 5.73 Å². The number of sulfonamides is 1. The van der Waals surface area contributed by atoms with Gasteiger partial charge < -0.3 is 11.1 Å². The standard InChI is InChI=1S/C7H15N3O3S/c8-3-4-14(12,13)9-5-6-1-2-7(11)10-6/h6,9H,1-5,8H2,(H,10,11). The zero-order chi connectivity index (χ0) is 10.6. The highest BCUT2D eigenvalue weighted by Gasteiger charge is 2.21. The number of hydrogen-bond acceptors (Lipinski definition) is 4. The van der Waals surface area contributed by atoms with Gasteiger partial charge in [-0.3, -0.25) is 4.79 Å². The molecule has 0 aromatic rings. The minimum Gasteiger partial charge on any atom is -0.352 e. The molecule has 0 bridgehead atoms. The first-order valence-electron chi connectivity index (χ1n) is 4.50. The summed E-state index contributed by atoms with van der Waals surface area (Å²) in [5.41, 5.74) is 5.13. The zero-order valence-electron chi connectivity index (χ0n) is 7.82. The molecule has 0 spiro atoms. The van der Waals surface area contributed by atoms with E-state index < -0.39 is 10.0 Å². The van der Waals surface area contributed by atoms with Gasteiger partial charge >= 0.3 is 0 Å². The van der Waals surface area contributed by atoms with Crippen molar-refractivity contribution in [1.82, 2.24) is 10.0 Å². The van der Waals surface area contributed by atoms with Crippen LogP contribution in [0.3, 0.4) is 0 Å². The van der Waals surface area contributed by atoms with Crippen LogP contribution in [0.5, 0.6) is 0 Å². The van der Waals surface area contributed by atoms with E-state index in [1.807, 2.05) is 0 Å². The molecule has 0 saturated carbocycles. The lowest BCUT2D eigenvalue weighted by molar-refractivity contribution is -0.119. The molecular weight excluding hydrogens is 206 g/mol. The van der Waals surface area contributed by atoms with E-state index in [9.17, 15) is 13.2 Å². The lowest BCUT2D eigenvalue weighted by Crippen LogP contribution is -2.40. The molecule has 0 aliphatic carbocycles. The summed E-state index contributed by atoms with van der Waals surface area (Å²) in [6.45, 7) is 0.362. The molecule has 7 heteroatoms. The molecule has 14 heavy (non-hydrogen) atoms. The van der Waals surface area contributed by atoms with E-state index in [-0.39, 0.29) is 30.8 Å². The summed E-state index contributed by atoms with van der Waals surface area (Å²) in [5.74, 6) is -0.0961. The molecule has 82 valence electrons. The third-order valence-electron chi connectivity index (χ3n) is 2.02. The Kier molecular flexibility index (Phi) is 3.85. The fourth-order valence-corrected chi connectivity index (χ4v) is 2.20. The molecular formula is C7H15N3O3S. The fourth-order valence-electron chi connectivity index (χ4n) is 1.29. The maximum Gasteiger partial charge on any atom is 0.220 e. The van der Waals surface area contributed by atoms with Gasteiger partial charge in [0, 0.05) is 25.6 Å². The number of rotatable bonds is 5. The molecule has 1 fully saturated rings. The van der Waals surface area contributed by atoms with Gasteiger partial charge in [-0.15, -0.1) is 0 Å². The SMILES string of the molecule is NCCS(=O)(=O)NCC1CCC(=O)N1. The molecule has 1 heterocycles. The van der Waals surface area contributed by atoms with Crippen molar-refractivity contribution in [3.8, 4) is 0 Å². The van der Waals surface area contributed by atoms with Crippen molar-refractivity contribution in [1.29, 1.82) is 0 Å². The monoisotopic (exact) mass is 221 g/mol. The molecule has 1 rings (SSSR count). The molecule has 6 nitrogen and oxygen atoms in total. The Balaban J connectivity index is 2.30. The van der Waals surface area contributed by atoms with E-state index in [4.69, 9.17) is 5.73 Å². The lowest BCUT2D eigenvalue weighted by atomic mass is 10.2. The second kappa shape index (κ2) is 4.72. The van der Waals surface area contributed by atoms with Crippen molar-refractivity contribution in [2.75, 3.05) is 18.8 Å². The summed E-state index contributed by atoms with van der Waals surface area (Å²) >= 11 is 0. The highest BCUT2D eigenvalue weighted by atomic mass is 32.2. The largest absolute Gasteiger partial charge is 0.352 e. The van der Waals surface area contributed by atoms with Crippen molar-refractivity contribution in [3.63, 3.8) is 0 Å². The Morgan fingerprint density at radius 2 is 2.29 bits per heavy atom. The van der Waals surface area contributed by atoms with E-state index in [0.717, 1.165) is 0 Å². The predicted octanol–water partition coefficient (Wildman–Crippen LogP) is -1.86. The van der Waals surface area contributed by atoms with Crippen LogP contribution in [-0.4, -0.2) is 39.2 Å². The van der Waals surface area contributed by atoms with E-state index >= 15 is 0 Å². The van der Waals surface area contributed by atoms with Crippen molar-refractivity contribution in [2.45, 2.75) is 18.9 Å². The number of carbonyl (C=O) groups is 1. The highest BCUT2D eigenvalue weighted by molar-refractivity contribution is 7.89. The second-order valence-corrected chi connectivity index (χ2v) is 5.19. The normalized spacial score (nSPS) is 22.4. The molecule has 4 N–H and O–H groups in total. The quantitative estimate of drug-likeness (QED) is 0.507. The maximum absolute atomic E-state index is 11.2. The number of nitrogens with two attached hydrogens (primary N) is 1. The van der Waals surface area contributed by atoms with Gasteiger partial charge in [0.05, 0.1) is 5.75 Å². The van der Waals surface area contributed by atoms with Gasteiger partial charge in [0.15, 0.2) is 0 Å². The van der Waals surface area contributed by atoms with Crippen LogP contribution in [0.4, 0.5) is 0 Å². The van der Waals surface area contributed by atoms with E-state index in [2.05, 4.69) is 10.0 Å². The Hall–Kier alpha value is -0.660. The fraction of sp³-hybridized carbons (Fsp3) is 0.857. The summed E-state index contributed by atoms with van der Waals surface area (Å²) in [7, 11) is -3.26. The van der Waals surface area contributed by atoms with Crippen LogP contribution in [-0.2, 0) is 14.8 Å². The molecule has 1 aliphatic heterocycles. The van der Waals surface area contributed by atoms with Gasteiger partial charge in [0.2, 0.25) is 15.9 Å². The van der Waals surface area contributed by atoms with Crippen LogP contribution in [0.25, 0.3) is 0 Å². The van der Waals surface area contributed by atoms with Gasteiger partial charge in [0.1, 0.15) is 0 Å². The summed E-state index contributed by atoms with van der Waals surface area (Å²) in [6.07, 6.45) is 1.16. The molecule has 0 aromatic heterocycles. The van der Waals surface area contributed by atoms with Crippen LogP contribution in [0.1, 0.15) is 12.8 Å². The first-order chi connectivity index (χ1) is 6.53. The number of carbonyl (C=O) groups excluding carboxylic acids is 1. The molecule has 0 aromatic carbocycles. The van der Waals surface area contributed by atoms with Gasteiger partial charge in [-0.25, -0.2) is 13.1 Å². The molecule has 1 saturated heterocycles. The Bertz CT molecular complexity index is 301. The average Bonchev–Trinajstić information content (AvgIpc) is 2.48. The number of hydrogen-bond donors (Lipinski definition) is 3. The highest BCUT2D eigenvalue weighted by Crippen LogP contribution is 2.05. The van der Waals surface area contributed by atoms with Crippen LogP contribution in [0.15, 0.2) is 0 Å². The molecule has 1 amide bonds. The van der Waals surface area contributed by atoms with Gasteiger partial charge in [-0.2, -0.15) is 0 Å². The molecule has 0 radical (unpaired) electrons. The third kappa shape index (κ3) is 3.60. The Morgan fingerprint density at radius 1 is 1.57 bits per heavy atom. The first-order valence-corrected chi connectivity index (χ1v) is 6.15. The van der Waals surface area contributed by atoms with Crippen LogP contribution in [0.2, 0.25) is 0 Å². The van der Waals surface area contributed by atoms with Gasteiger partial charge in [0.25, 0.3) is 0 Å². The predicted molar refractivity (Wildman–Crippen MR) is 52.0 cm³/mol. The topological polar surface area (TPSA) is 101 Å². The van der Waals surface area contributed by atoms with Crippen LogP contribution in [0, 0.1) is 0 Å². The minimum absolute atomic E-state index is 0.0203. The van der Waals surface area contributed by atoms with Crippen LogP contribution < -0.4 is 15.8 Å². The van der Waals surface area contributed by atoms with Gasteiger partial charge in [-0.1, -0.05) is 0 Å². The molecule has 1 aliphatic rings. The first kappa shape index (κ1) is 11.4. The smallest absolute Gasteiger partial charge is 0.220 e. The van der Waals surface area contributed by atoms with E-state index in [1.165, 1.54) is 0 Å². The van der Waals surface area contributed by atoms with E-state index in [0.29, 0.717) is 12.8 Å². The Labute approximate surface area is 83.3 Å². The Morgan fingerprint density at radius 3 is 2.79 bits per heavy atom. The molecule has 1 atom stereocenters. The lowest BCUT2D eigenvalue weighted by Gasteiger charge is -2.10. The second-order valence-electron chi connectivity index (χ2n) is 3.26. The summed E-state index contributed by atoms with van der Waals surface area (Å²) < 4.78 is 24.7. The number of amides is 1. The average molecular weight is 221 g/mol. The summed E-state index contributed by atoms with van der Waals surface area (Å²) in [6, 6.07) is -0.0740. The van der Waals surface area contributed by atoms with E-state index in [1.54, 1.807) is 0 Å². The summed E-state index contributed by atoms with van der Waals surface area (Å²) in [4.78, 5) is 10.8. The van der Waals surface area contributed by atoms with Crippen molar-refractivity contribution in [3.05, 3.63) is 0 Å². The zero-order valence-corrected chi connectivity index (χ0v) is 8.64. The molecule has 1 unspecified atom stereocenters.